The average molecular weight is 273 g/mol. The molecule has 1 heterocycles. The van der Waals surface area contributed by atoms with Gasteiger partial charge >= 0.3 is 0 Å². The first kappa shape index (κ1) is 13.4. The third-order valence-electron chi connectivity index (χ3n) is 2.42. The highest BCUT2D eigenvalue weighted by molar-refractivity contribution is 7.99. The van der Waals surface area contributed by atoms with Crippen molar-refractivity contribution >= 4 is 29.0 Å². The second kappa shape index (κ2) is 6.80. The minimum absolute atomic E-state index is 0.00726. The molecule has 0 radical (unpaired) electrons. The number of benzene rings is 1. The number of amides is 1. The lowest BCUT2D eigenvalue weighted by atomic mass is 10.3. The number of nitrogens with one attached hydrogen (secondary N) is 1. The number of nitrogens with two attached hydrogens (primary N) is 1. The van der Waals surface area contributed by atoms with Crippen molar-refractivity contribution in [2.24, 2.45) is 0 Å². The van der Waals surface area contributed by atoms with E-state index < -0.39 is 0 Å². The van der Waals surface area contributed by atoms with Gasteiger partial charge in [-0.3, -0.25) is 9.78 Å². The number of aromatic nitrogens is 1. The minimum atomic E-state index is -0.00726. The molecule has 0 aliphatic carbocycles. The Balaban J connectivity index is 1.76. The van der Waals surface area contributed by atoms with Crippen LogP contribution in [0.1, 0.15) is 6.42 Å². The summed E-state index contributed by atoms with van der Waals surface area (Å²) in [7, 11) is 0. The van der Waals surface area contributed by atoms with Crippen LogP contribution in [0.2, 0.25) is 0 Å². The van der Waals surface area contributed by atoms with Gasteiger partial charge in [-0.1, -0.05) is 6.07 Å². The van der Waals surface area contributed by atoms with Crippen molar-refractivity contribution in [3.8, 4) is 0 Å². The maximum absolute atomic E-state index is 11.7. The van der Waals surface area contributed by atoms with Gasteiger partial charge in [0.2, 0.25) is 5.91 Å². The molecule has 0 fully saturated rings. The molecule has 2 rings (SSSR count). The first-order chi connectivity index (χ1) is 9.24. The van der Waals surface area contributed by atoms with Crippen LogP contribution in [0, 0.1) is 0 Å². The van der Waals surface area contributed by atoms with E-state index in [9.17, 15) is 4.79 Å². The largest absolute Gasteiger partial charge is 0.399 e. The van der Waals surface area contributed by atoms with E-state index in [1.807, 2.05) is 24.3 Å². The van der Waals surface area contributed by atoms with Gasteiger partial charge in [-0.05, 0) is 30.3 Å². The van der Waals surface area contributed by atoms with Crippen LogP contribution in [0.15, 0.2) is 53.7 Å². The van der Waals surface area contributed by atoms with Gasteiger partial charge in [-0.25, -0.2) is 0 Å². The summed E-state index contributed by atoms with van der Waals surface area (Å²) < 4.78 is 0. The van der Waals surface area contributed by atoms with E-state index in [4.69, 9.17) is 5.73 Å². The molecule has 0 bridgehead atoms. The van der Waals surface area contributed by atoms with Gasteiger partial charge in [0.15, 0.2) is 0 Å². The Morgan fingerprint density at radius 2 is 2.05 bits per heavy atom. The van der Waals surface area contributed by atoms with E-state index in [0.29, 0.717) is 12.1 Å². The van der Waals surface area contributed by atoms with Gasteiger partial charge in [0, 0.05) is 40.8 Å². The second-order valence-corrected chi connectivity index (χ2v) is 5.12. The molecule has 19 heavy (non-hydrogen) atoms. The number of thioether (sulfide) groups is 1. The van der Waals surface area contributed by atoms with Crippen LogP contribution in [0.3, 0.4) is 0 Å². The van der Waals surface area contributed by atoms with Gasteiger partial charge in [-0.15, -0.1) is 11.8 Å². The predicted octanol–water partition coefficient (Wildman–Crippen LogP) is 2.78. The number of carbonyl (C=O) groups is 1. The molecule has 0 aliphatic rings. The summed E-state index contributed by atoms with van der Waals surface area (Å²) in [5.41, 5.74) is 7.03. The van der Waals surface area contributed by atoms with Crippen LogP contribution in [-0.4, -0.2) is 16.6 Å². The molecule has 2 aromatic rings. The summed E-state index contributed by atoms with van der Waals surface area (Å²) in [5, 5.41) is 2.82. The van der Waals surface area contributed by atoms with Crippen molar-refractivity contribution in [1.29, 1.82) is 0 Å². The van der Waals surface area contributed by atoms with Gasteiger partial charge in [0.05, 0.1) is 0 Å². The van der Waals surface area contributed by atoms with Gasteiger partial charge in [-0.2, -0.15) is 0 Å². The third kappa shape index (κ3) is 4.63. The highest BCUT2D eigenvalue weighted by atomic mass is 32.2. The van der Waals surface area contributed by atoms with Gasteiger partial charge < -0.3 is 11.1 Å². The molecule has 0 saturated carbocycles. The number of carbonyl (C=O) groups excluding carboxylic acids is 1. The highest BCUT2D eigenvalue weighted by Crippen LogP contribution is 2.18. The van der Waals surface area contributed by atoms with Crippen LogP contribution < -0.4 is 11.1 Å². The van der Waals surface area contributed by atoms with Gasteiger partial charge in [0.25, 0.3) is 0 Å². The van der Waals surface area contributed by atoms with Gasteiger partial charge in [0.1, 0.15) is 0 Å². The number of pyridine rings is 1. The molecule has 98 valence electrons. The Hall–Kier alpha value is -2.01. The molecular formula is C14H15N3OS. The molecule has 5 heteroatoms. The van der Waals surface area contributed by atoms with Crippen LogP contribution >= 0.6 is 11.8 Å². The smallest absolute Gasteiger partial charge is 0.225 e. The number of hydrogen-bond acceptors (Lipinski definition) is 4. The maximum Gasteiger partial charge on any atom is 0.225 e. The monoisotopic (exact) mass is 273 g/mol. The van der Waals surface area contributed by atoms with E-state index in [2.05, 4.69) is 10.3 Å². The van der Waals surface area contributed by atoms with Crippen LogP contribution in [-0.2, 0) is 4.79 Å². The molecule has 0 unspecified atom stereocenters. The molecular weight excluding hydrogens is 258 g/mol. The van der Waals surface area contributed by atoms with E-state index in [1.54, 1.807) is 36.3 Å². The molecule has 1 aromatic carbocycles. The van der Waals surface area contributed by atoms with Crippen molar-refractivity contribution in [3.63, 3.8) is 0 Å². The molecule has 1 aromatic heterocycles. The Bertz CT molecular complexity index is 545. The number of nitrogens with zero attached hydrogens (tertiary/aromatic N) is 1. The molecule has 0 atom stereocenters. The number of anilines is 2. The van der Waals surface area contributed by atoms with Crippen molar-refractivity contribution in [1.82, 2.24) is 4.98 Å². The first-order valence-electron chi connectivity index (χ1n) is 5.92. The topological polar surface area (TPSA) is 68.0 Å². The van der Waals surface area contributed by atoms with E-state index in [1.165, 1.54) is 0 Å². The second-order valence-electron chi connectivity index (χ2n) is 3.96. The fourth-order valence-electron chi connectivity index (χ4n) is 1.54. The molecule has 0 aliphatic heterocycles. The SMILES string of the molecule is Nc1cccc(NC(=O)CCSc2ccncc2)c1. The van der Waals surface area contributed by atoms with E-state index >= 15 is 0 Å². The molecule has 0 spiro atoms. The van der Waals surface area contributed by atoms with E-state index in [-0.39, 0.29) is 5.91 Å². The molecule has 3 N–H and O–H groups in total. The Labute approximate surface area is 116 Å². The fourth-order valence-corrected chi connectivity index (χ4v) is 2.37. The Morgan fingerprint density at radius 3 is 2.79 bits per heavy atom. The number of hydrogen-bond donors (Lipinski definition) is 2. The summed E-state index contributed by atoms with van der Waals surface area (Å²) in [6.45, 7) is 0. The summed E-state index contributed by atoms with van der Waals surface area (Å²) in [4.78, 5) is 16.8. The van der Waals surface area contributed by atoms with Crippen LogP contribution in [0.4, 0.5) is 11.4 Å². The van der Waals surface area contributed by atoms with Crippen molar-refractivity contribution < 1.29 is 4.79 Å². The summed E-state index contributed by atoms with van der Waals surface area (Å²) >= 11 is 1.64. The zero-order valence-corrected chi connectivity index (χ0v) is 11.2. The summed E-state index contributed by atoms with van der Waals surface area (Å²) in [6, 6.07) is 11.0. The zero-order valence-electron chi connectivity index (χ0n) is 10.4. The molecule has 0 saturated heterocycles. The van der Waals surface area contributed by atoms with Crippen molar-refractivity contribution in [3.05, 3.63) is 48.8 Å². The lowest BCUT2D eigenvalue weighted by Crippen LogP contribution is -2.12. The summed E-state index contributed by atoms with van der Waals surface area (Å²) in [5.74, 6) is 0.727. The van der Waals surface area contributed by atoms with Crippen LogP contribution in [0.25, 0.3) is 0 Å². The first-order valence-corrected chi connectivity index (χ1v) is 6.91. The quantitative estimate of drug-likeness (QED) is 0.649. The molecule has 4 nitrogen and oxygen atoms in total. The molecule has 1 amide bonds. The lowest BCUT2D eigenvalue weighted by molar-refractivity contribution is -0.115. The van der Waals surface area contributed by atoms with Crippen molar-refractivity contribution in [2.45, 2.75) is 11.3 Å². The summed E-state index contributed by atoms with van der Waals surface area (Å²) in [6.07, 6.45) is 3.95. The maximum atomic E-state index is 11.7. The average Bonchev–Trinajstić information content (AvgIpc) is 2.40. The van der Waals surface area contributed by atoms with Crippen LogP contribution in [0.5, 0.6) is 0 Å². The highest BCUT2D eigenvalue weighted by Gasteiger charge is 2.03. The zero-order chi connectivity index (χ0) is 13.5. The van der Waals surface area contributed by atoms with E-state index in [0.717, 1.165) is 16.3 Å². The fraction of sp³-hybridized carbons (Fsp3) is 0.143. The number of rotatable bonds is 5. The Morgan fingerprint density at radius 1 is 1.26 bits per heavy atom. The predicted molar refractivity (Wildman–Crippen MR) is 79.1 cm³/mol. The normalized spacial score (nSPS) is 10.1. The third-order valence-corrected chi connectivity index (χ3v) is 3.43. The van der Waals surface area contributed by atoms with Crippen molar-refractivity contribution in [2.75, 3.05) is 16.8 Å². The Kier molecular flexibility index (Phi) is 4.80. The lowest BCUT2D eigenvalue weighted by Gasteiger charge is -2.05. The standard InChI is InChI=1S/C14H15N3OS/c15-11-2-1-3-12(10-11)17-14(18)6-9-19-13-4-7-16-8-5-13/h1-5,7-8,10H,6,9,15H2,(H,17,18). The minimum Gasteiger partial charge on any atom is -0.399 e. The number of nitrogen functional groups attached to an aromatic ring is 1.